The fourth-order valence-electron chi connectivity index (χ4n) is 2.61. The van der Waals surface area contributed by atoms with E-state index in [-0.39, 0.29) is 18.2 Å². The number of methoxy groups -OCH3 is 1. The quantitative estimate of drug-likeness (QED) is 0.742. The summed E-state index contributed by atoms with van der Waals surface area (Å²) < 4.78 is 10.2. The van der Waals surface area contributed by atoms with Crippen LogP contribution < -0.4 is 5.32 Å². The average molecular weight is 316 g/mol. The first-order chi connectivity index (χ1) is 9.98. The summed E-state index contributed by atoms with van der Waals surface area (Å²) in [6.45, 7) is 7.59. The topological polar surface area (TPSA) is 88.1 Å². The molecule has 0 aromatic rings. The van der Waals surface area contributed by atoms with Crippen molar-refractivity contribution in [1.82, 2.24) is 10.2 Å². The molecule has 0 spiro atoms. The van der Waals surface area contributed by atoms with Crippen molar-refractivity contribution in [1.29, 1.82) is 0 Å². The summed E-state index contributed by atoms with van der Waals surface area (Å²) in [5, 5.41) is 12.8. The molecule has 0 saturated carbocycles. The molecule has 0 radical (unpaired) electrons. The van der Waals surface area contributed by atoms with Crippen molar-refractivity contribution in [3.8, 4) is 0 Å². The van der Waals surface area contributed by atoms with Gasteiger partial charge in [0.15, 0.2) is 6.29 Å². The molecule has 2 N–H and O–H groups in total. The van der Waals surface area contributed by atoms with Gasteiger partial charge in [0.25, 0.3) is 0 Å². The van der Waals surface area contributed by atoms with Gasteiger partial charge < -0.3 is 24.8 Å². The lowest BCUT2D eigenvalue weighted by Crippen LogP contribution is -2.57. The van der Waals surface area contributed by atoms with Crippen molar-refractivity contribution in [2.45, 2.75) is 58.0 Å². The summed E-state index contributed by atoms with van der Waals surface area (Å²) in [6, 6.07) is 0. The highest BCUT2D eigenvalue weighted by Crippen LogP contribution is 2.29. The normalized spacial score (nSPS) is 23.1. The molecule has 0 bridgehead atoms. The average Bonchev–Trinajstić information content (AvgIpc) is 2.67. The molecule has 1 saturated heterocycles. The number of carbonyl (C=O) groups is 2. The largest absolute Gasteiger partial charge is 0.444 e. The molecule has 7 heteroatoms. The molecule has 1 aliphatic heterocycles. The maximum absolute atomic E-state index is 12.1. The smallest absolute Gasteiger partial charge is 0.408 e. The van der Waals surface area contributed by atoms with Crippen LogP contribution in [0.1, 0.15) is 40.5 Å². The van der Waals surface area contributed by atoms with Crippen molar-refractivity contribution in [3.63, 3.8) is 0 Å². The summed E-state index contributed by atoms with van der Waals surface area (Å²) in [5.74, 6) is -0.241. The number of carbonyl (C=O) groups excluding carboxylic acids is 2. The predicted molar refractivity (Wildman–Crippen MR) is 81.2 cm³/mol. The van der Waals surface area contributed by atoms with Gasteiger partial charge in [-0.15, -0.1) is 0 Å². The number of nitrogens with one attached hydrogen (secondary N) is 1. The van der Waals surface area contributed by atoms with E-state index in [1.54, 1.807) is 39.6 Å². The standard InChI is InChI=1S/C15H28N2O5/c1-14(2,3)22-13(20)16-15(4,12(19)21-6)9-10-7-8-17(5)11(10)18/h10,12,19H,7-9H2,1-6H3,(H,16,20). The van der Waals surface area contributed by atoms with Gasteiger partial charge in [0.1, 0.15) is 5.60 Å². The van der Waals surface area contributed by atoms with E-state index in [0.717, 1.165) is 0 Å². The van der Waals surface area contributed by atoms with E-state index >= 15 is 0 Å². The summed E-state index contributed by atoms with van der Waals surface area (Å²) in [5.41, 5.74) is -1.75. The summed E-state index contributed by atoms with van der Waals surface area (Å²) >= 11 is 0. The van der Waals surface area contributed by atoms with Crippen molar-refractivity contribution in [3.05, 3.63) is 0 Å². The zero-order valence-electron chi connectivity index (χ0n) is 14.3. The number of hydrogen-bond donors (Lipinski definition) is 2. The summed E-state index contributed by atoms with van der Waals surface area (Å²) in [7, 11) is 3.09. The number of nitrogens with zero attached hydrogens (tertiary/aromatic N) is 1. The molecular weight excluding hydrogens is 288 g/mol. The minimum absolute atomic E-state index is 0.0144. The molecular formula is C15H28N2O5. The van der Waals surface area contributed by atoms with Crippen molar-refractivity contribution in [2.75, 3.05) is 20.7 Å². The third-order valence-corrected chi connectivity index (χ3v) is 3.76. The SMILES string of the molecule is COC(O)C(C)(CC1CCN(C)C1=O)NC(=O)OC(C)(C)C. The zero-order valence-corrected chi connectivity index (χ0v) is 14.3. The Morgan fingerprint density at radius 1 is 1.45 bits per heavy atom. The van der Waals surface area contributed by atoms with Crippen LogP contribution in [0.15, 0.2) is 0 Å². The summed E-state index contributed by atoms with van der Waals surface area (Å²) in [4.78, 5) is 25.7. The van der Waals surface area contributed by atoms with E-state index in [0.29, 0.717) is 13.0 Å². The van der Waals surface area contributed by atoms with Crippen LogP contribution in [0, 0.1) is 5.92 Å². The Labute approximate surface area is 131 Å². The summed E-state index contributed by atoms with van der Waals surface area (Å²) in [6.07, 6.45) is -0.912. The molecule has 1 fully saturated rings. The molecule has 0 aliphatic carbocycles. The first kappa shape index (κ1) is 18.7. The maximum Gasteiger partial charge on any atom is 0.408 e. The Kier molecular flexibility index (Phi) is 5.81. The third-order valence-electron chi connectivity index (χ3n) is 3.76. The van der Waals surface area contributed by atoms with Crippen LogP contribution in [-0.2, 0) is 14.3 Å². The molecule has 22 heavy (non-hydrogen) atoms. The Morgan fingerprint density at radius 2 is 2.05 bits per heavy atom. The molecule has 0 aromatic carbocycles. The first-order valence-electron chi connectivity index (χ1n) is 7.45. The monoisotopic (exact) mass is 316 g/mol. The molecule has 1 aliphatic rings. The van der Waals surface area contributed by atoms with Gasteiger partial charge in [-0.05, 0) is 40.5 Å². The predicted octanol–water partition coefficient (Wildman–Crippen LogP) is 1.10. The van der Waals surface area contributed by atoms with Crippen LogP contribution in [0.5, 0.6) is 0 Å². The van der Waals surface area contributed by atoms with Gasteiger partial charge in [0.2, 0.25) is 5.91 Å². The van der Waals surface area contributed by atoms with Crippen molar-refractivity contribution in [2.24, 2.45) is 5.92 Å². The second-order valence-electron chi connectivity index (χ2n) is 7.08. The Balaban J connectivity index is 2.82. The minimum Gasteiger partial charge on any atom is -0.444 e. The lowest BCUT2D eigenvalue weighted by molar-refractivity contribution is -0.141. The second-order valence-corrected chi connectivity index (χ2v) is 7.08. The number of hydrogen-bond acceptors (Lipinski definition) is 5. The van der Waals surface area contributed by atoms with E-state index in [1.807, 2.05) is 0 Å². The van der Waals surface area contributed by atoms with Crippen LogP contribution in [0.25, 0.3) is 0 Å². The molecule has 7 nitrogen and oxygen atoms in total. The molecule has 0 aromatic heterocycles. The highest BCUT2D eigenvalue weighted by molar-refractivity contribution is 5.80. The first-order valence-corrected chi connectivity index (χ1v) is 7.45. The van der Waals surface area contributed by atoms with E-state index in [4.69, 9.17) is 9.47 Å². The highest BCUT2D eigenvalue weighted by Gasteiger charge is 2.42. The Hall–Kier alpha value is -1.34. The Morgan fingerprint density at radius 3 is 2.45 bits per heavy atom. The number of aliphatic hydroxyl groups excluding tert-OH is 1. The third kappa shape index (κ3) is 4.84. The van der Waals surface area contributed by atoms with Gasteiger partial charge in [-0.1, -0.05) is 0 Å². The lowest BCUT2D eigenvalue weighted by Gasteiger charge is -2.36. The van der Waals surface area contributed by atoms with E-state index in [1.165, 1.54) is 7.11 Å². The van der Waals surface area contributed by atoms with Crippen LogP contribution in [0.3, 0.4) is 0 Å². The second kappa shape index (κ2) is 6.83. The number of amides is 2. The van der Waals surface area contributed by atoms with E-state index in [2.05, 4.69) is 5.32 Å². The van der Waals surface area contributed by atoms with Gasteiger partial charge >= 0.3 is 6.09 Å². The minimum atomic E-state index is -1.24. The number of alkyl carbamates (subject to hydrolysis) is 1. The number of likely N-dealkylation sites (tertiary alicyclic amines) is 1. The van der Waals surface area contributed by atoms with Crippen LogP contribution >= 0.6 is 0 Å². The van der Waals surface area contributed by atoms with Gasteiger partial charge in [0.05, 0.1) is 5.54 Å². The lowest BCUT2D eigenvalue weighted by atomic mass is 9.87. The van der Waals surface area contributed by atoms with Crippen LogP contribution in [-0.4, -0.2) is 60.1 Å². The van der Waals surface area contributed by atoms with Gasteiger partial charge in [-0.3, -0.25) is 4.79 Å². The molecule has 2 amide bonds. The molecule has 1 heterocycles. The highest BCUT2D eigenvalue weighted by atomic mass is 16.6. The van der Waals surface area contributed by atoms with E-state index < -0.39 is 23.5 Å². The van der Waals surface area contributed by atoms with Crippen LogP contribution in [0.4, 0.5) is 4.79 Å². The molecule has 3 unspecified atom stereocenters. The molecule has 128 valence electrons. The molecule has 3 atom stereocenters. The van der Waals surface area contributed by atoms with Gasteiger partial charge in [0, 0.05) is 26.6 Å². The van der Waals surface area contributed by atoms with Gasteiger partial charge in [-0.2, -0.15) is 0 Å². The van der Waals surface area contributed by atoms with Crippen molar-refractivity contribution >= 4 is 12.0 Å². The fourth-order valence-corrected chi connectivity index (χ4v) is 2.61. The zero-order chi connectivity index (χ0) is 17.1. The Bertz CT molecular complexity index is 421. The van der Waals surface area contributed by atoms with Crippen LogP contribution in [0.2, 0.25) is 0 Å². The van der Waals surface area contributed by atoms with E-state index in [9.17, 15) is 14.7 Å². The number of rotatable bonds is 5. The van der Waals surface area contributed by atoms with Crippen molar-refractivity contribution < 1.29 is 24.2 Å². The maximum atomic E-state index is 12.1. The molecule has 1 rings (SSSR count). The van der Waals surface area contributed by atoms with Gasteiger partial charge in [-0.25, -0.2) is 4.79 Å². The number of aliphatic hydroxyl groups is 1. The number of ether oxygens (including phenoxy) is 2. The fraction of sp³-hybridized carbons (Fsp3) is 0.867.